The Morgan fingerprint density at radius 2 is 2.24 bits per heavy atom. The molecule has 3 N–H and O–H groups in total. The fourth-order valence-corrected chi connectivity index (χ4v) is 2.37. The summed E-state index contributed by atoms with van der Waals surface area (Å²) >= 11 is 0. The molecule has 3 heteroatoms. The maximum Gasteiger partial charge on any atom is 0.0693 e. The molecule has 0 aromatic heterocycles. The standard InChI is InChI=1S/C14H22N2O/c1-10-6-7-16(9-14(10)17)8-12-4-3-5-13(15)11(12)2/h3-5,10,14,17H,6-9,15H2,1-2H3. The minimum absolute atomic E-state index is 0.190. The van der Waals surface area contributed by atoms with E-state index < -0.39 is 0 Å². The summed E-state index contributed by atoms with van der Waals surface area (Å²) in [6, 6.07) is 6.06. The van der Waals surface area contributed by atoms with E-state index in [0.29, 0.717) is 5.92 Å². The number of aliphatic hydroxyl groups excluding tert-OH is 1. The molecule has 1 heterocycles. The van der Waals surface area contributed by atoms with E-state index in [9.17, 15) is 5.11 Å². The SMILES string of the molecule is Cc1c(N)cccc1CN1CCC(C)C(O)C1. The van der Waals surface area contributed by atoms with E-state index in [2.05, 4.69) is 24.8 Å². The van der Waals surface area contributed by atoms with Gasteiger partial charge < -0.3 is 10.8 Å². The van der Waals surface area contributed by atoms with Crippen LogP contribution < -0.4 is 5.73 Å². The average Bonchev–Trinajstić information content (AvgIpc) is 2.30. The van der Waals surface area contributed by atoms with Crippen molar-refractivity contribution in [1.82, 2.24) is 4.90 Å². The molecule has 1 fully saturated rings. The molecular formula is C14H22N2O. The van der Waals surface area contributed by atoms with Gasteiger partial charge in [-0.2, -0.15) is 0 Å². The smallest absolute Gasteiger partial charge is 0.0693 e. The Balaban J connectivity index is 2.04. The van der Waals surface area contributed by atoms with E-state index >= 15 is 0 Å². The fourth-order valence-electron chi connectivity index (χ4n) is 2.37. The predicted octanol–water partition coefficient (Wildman–Crippen LogP) is 1.78. The van der Waals surface area contributed by atoms with Crippen molar-refractivity contribution in [1.29, 1.82) is 0 Å². The summed E-state index contributed by atoms with van der Waals surface area (Å²) in [6.07, 6.45) is 0.882. The van der Waals surface area contributed by atoms with Gasteiger partial charge >= 0.3 is 0 Å². The van der Waals surface area contributed by atoms with Gasteiger partial charge in [-0.3, -0.25) is 4.90 Å². The quantitative estimate of drug-likeness (QED) is 0.767. The first-order valence-corrected chi connectivity index (χ1v) is 6.32. The molecule has 0 saturated carbocycles. The van der Waals surface area contributed by atoms with Crippen LogP contribution in [0.3, 0.4) is 0 Å². The van der Waals surface area contributed by atoms with Crippen molar-refractivity contribution in [2.24, 2.45) is 5.92 Å². The van der Waals surface area contributed by atoms with Crippen molar-refractivity contribution < 1.29 is 5.11 Å². The van der Waals surface area contributed by atoms with E-state index in [-0.39, 0.29) is 6.10 Å². The van der Waals surface area contributed by atoms with Crippen LogP contribution in [0.5, 0.6) is 0 Å². The highest BCUT2D eigenvalue weighted by Gasteiger charge is 2.24. The molecule has 0 spiro atoms. The summed E-state index contributed by atoms with van der Waals surface area (Å²) in [5.41, 5.74) is 9.20. The van der Waals surface area contributed by atoms with Crippen molar-refractivity contribution >= 4 is 5.69 Å². The first kappa shape index (κ1) is 12.4. The molecule has 1 aliphatic heterocycles. The number of aliphatic hydroxyl groups is 1. The van der Waals surface area contributed by atoms with Gasteiger partial charge in [0.05, 0.1) is 6.10 Å². The summed E-state index contributed by atoms with van der Waals surface area (Å²) in [6.45, 7) is 6.91. The zero-order valence-electron chi connectivity index (χ0n) is 10.7. The number of piperidine rings is 1. The van der Waals surface area contributed by atoms with Gasteiger partial charge in [0.1, 0.15) is 0 Å². The third-order valence-electron chi connectivity index (χ3n) is 3.88. The van der Waals surface area contributed by atoms with E-state index in [4.69, 9.17) is 5.73 Å². The van der Waals surface area contributed by atoms with E-state index in [1.165, 1.54) is 11.1 Å². The van der Waals surface area contributed by atoms with Gasteiger partial charge in [-0.25, -0.2) is 0 Å². The second-order valence-corrected chi connectivity index (χ2v) is 5.20. The molecule has 17 heavy (non-hydrogen) atoms. The van der Waals surface area contributed by atoms with Crippen LogP contribution in [0, 0.1) is 12.8 Å². The van der Waals surface area contributed by atoms with Crippen LogP contribution in [0.4, 0.5) is 5.69 Å². The zero-order valence-corrected chi connectivity index (χ0v) is 10.7. The molecule has 2 unspecified atom stereocenters. The number of nitrogen functional groups attached to an aromatic ring is 1. The highest BCUT2D eigenvalue weighted by molar-refractivity contribution is 5.49. The lowest BCUT2D eigenvalue weighted by molar-refractivity contribution is 0.0258. The normalized spacial score (nSPS) is 26.1. The van der Waals surface area contributed by atoms with Gasteiger partial charge in [-0.15, -0.1) is 0 Å². The van der Waals surface area contributed by atoms with Gasteiger partial charge in [0, 0.05) is 18.8 Å². The number of anilines is 1. The van der Waals surface area contributed by atoms with Gasteiger partial charge in [0.25, 0.3) is 0 Å². The number of β-amino-alcohol motifs (C(OH)–C–C–N with tert-alkyl or cyclic N) is 1. The Labute approximate surface area is 103 Å². The highest BCUT2D eigenvalue weighted by atomic mass is 16.3. The lowest BCUT2D eigenvalue weighted by Gasteiger charge is -2.34. The molecule has 2 rings (SSSR count). The number of hydrogen-bond donors (Lipinski definition) is 2. The molecule has 94 valence electrons. The van der Waals surface area contributed by atoms with Crippen LogP contribution in [0.2, 0.25) is 0 Å². The Hall–Kier alpha value is -1.06. The van der Waals surface area contributed by atoms with Crippen LogP contribution in [-0.4, -0.2) is 29.2 Å². The van der Waals surface area contributed by atoms with Crippen LogP contribution in [0.1, 0.15) is 24.5 Å². The highest BCUT2D eigenvalue weighted by Crippen LogP contribution is 2.22. The van der Waals surface area contributed by atoms with E-state index in [0.717, 1.165) is 31.7 Å². The molecule has 3 nitrogen and oxygen atoms in total. The van der Waals surface area contributed by atoms with Gasteiger partial charge in [0.2, 0.25) is 0 Å². The third-order valence-corrected chi connectivity index (χ3v) is 3.88. The van der Waals surface area contributed by atoms with Crippen LogP contribution in [0.15, 0.2) is 18.2 Å². The predicted molar refractivity (Wildman–Crippen MR) is 70.7 cm³/mol. The maximum atomic E-state index is 9.88. The molecule has 1 aliphatic rings. The second-order valence-electron chi connectivity index (χ2n) is 5.20. The Morgan fingerprint density at radius 1 is 1.47 bits per heavy atom. The molecule has 0 radical (unpaired) electrons. The van der Waals surface area contributed by atoms with Crippen molar-refractivity contribution in [2.45, 2.75) is 32.9 Å². The monoisotopic (exact) mass is 234 g/mol. The maximum absolute atomic E-state index is 9.88. The van der Waals surface area contributed by atoms with E-state index in [1.54, 1.807) is 0 Å². The average molecular weight is 234 g/mol. The van der Waals surface area contributed by atoms with Gasteiger partial charge in [-0.1, -0.05) is 19.1 Å². The first-order chi connectivity index (χ1) is 8.08. The minimum Gasteiger partial charge on any atom is -0.399 e. The summed E-state index contributed by atoms with van der Waals surface area (Å²) < 4.78 is 0. The number of hydrogen-bond acceptors (Lipinski definition) is 3. The fraction of sp³-hybridized carbons (Fsp3) is 0.571. The van der Waals surface area contributed by atoms with Gasteiger partial charge in [0.15, 0.2) is 0 Å². The number of likely N-dealkylation sites (tertiary alicyclic amines) is 1. The molecule has 1 aromatic carbocycles. The summed E-state index contributed by atoms with van der Waals surface area (Å²) in [4.78, 5) is 2.31. The molecule has 0 bridgehead atoms. The zero-order chi connectivity index (χ0) is 12.4. The Morgan fingerprint density at radius 3 is 2.94 bits per heavy atom. The topological polar surface area (TPSA) is 49.5 Å². The molecule has 0 aliphatic carbocycles. The minimum atomic E-state index is -0.190. The molecule has 0 amide bonds. The Kier molecular flexibility index (Phi) is 3.69. The van der Waals surface area contributed by atoms with Crippen molar-refractivity contribution in [3.63, 3.8) is 0 Å². The number of nitrogens with two attached hydrogens (primary N) is 1. The summed E-state index contributed by atoms with van der Waals surface area (Å²) in [5, 5.41) is 9.88. The number of benzene rings is 1. The molecule has 1 saturated heterocycles. The molecule has 1 aromatic rings. The number of nitrogens with zero attached hydrogens (tertiary/aromatic N) is 1. The Bertz CT molecular complexity index is 392. The van der Waals surface area contributed by atoms with Crippen molar-refractivity contribution in [3.8, 4) is 0 Å². The van der Waals surface area contributed by atoms with Crippen molar-refractivity contribution in [2.75, 3.05) is 18.8 Å². The largest absolute Gasteiger partial charge is 0.399 e. The lowest BCUT2D eigenvalue weighted by Crippen LogP contribution is -2.42. The second kappa shape index (κ2) is 5.07. The first-order valence-electron chi connectivity index (χ1n) is 6.32. The van der Waals surface area contributed by atoms with Crippen LogP contribution in [0.25, 0.3) is 0 Å². The van der Waals surface area contributed by atoms with Gasteiger partial charge in [-0.05, 0) is 43.0 Å². The summed E-state index contributed by atoms with van der Waals surface area (Å²) in [7, 11) is 0. The number of rotatable bonds is 2. The molecular weight excluding hydrogens is 212 g/mol. The summed E-state index contributed by atoms with van der Waals surface area (Å²) in [5.74, 6) is 0.424. The third kappa shape index (κ3) is 2.79. The molecule has 2 atom stereocenters. The van der Waals surface area contributed by atoms with E-state index in [1.807, 2.05) is 12.1 Å². The lowest BCUT2D eigenvalue weighted by atomic mass is 9.95. The van der Waals surface area contributed by atoms with Crippen LogP contribution in [-0.2, 0) is 6.54 Å². The van der Waals surface area contributed by atoms with Crippen molar-refractivity contribution in [3.05, 3.63) is 29.3 Å². The van der Waals surface area contributed by atoms with Crippen LogP contribution >= 0.6 is 0 Å².